The van der Waals surface area contributed by atoms with Crippen LogP contribution >= 0.6 is 0 Å². The van der Waals surface area contributed by atoms with Crippen molar-refractivity contribution in [2.45, 2.75) is 6.18 Å². The molecule has 0 aromatic heterocycles. The Morgan fingerprint density at radius 3 is 2.20 bits per heavy atom. The summed E-state index contributed by atoms with van der Waals surface area (Å²) in [6.07, 6.45) is -4.70. The van der Waals surface area contributed by atoms with Crippen molar-refractivity contribution < 1.29 is 22.0 Å². The first-order valence-electron chi connectivity index (χ1n) is 5.40. The lowest BCUT2D eigenvalue weighted by molar-refractivity contribution is -0.137. The number of nitriles is 1. The van der Waals surface area contributed by atoms with Gasteiger partial charge in [0.2, 0.25) is 0 Å². The van der Waals surface area contributed by atoms with Crippen LogP contribution in [0.2, 0.25) is 0 Å². The molecule has 0 N–H and O–H groups in total. The molecule has 0 spiro atoms. The molecule has 0 unspecified atom stereocenters. The lowest BCUT2D eigenvalue weighted by atomic mass is 9.94. The number of rotatable bonds is 1. The minimum absolute atomic E-state index is 0.201. The van der Waals surface area contributed by atoms with Gasteiger partial charge in [-0.25, -0.2) is 8.78 Å². The molecule has 2 aromatic rings. The summed E-state index contributed by atoms with van der Waals surface area (Å²) in [5.74, 6) is -2.44. The third kappa shape index (κ3) is 2.48. The van der Waals surface area contributed by atoms with E-state index in [1.807, 2.05) is 0 Å². The van der Waals surface area contributed by atoms with E-state index in [0.29, 0.717) is 6.07 Å². The molecule has 1 nitrogen and oxygen atoms in total. The van der Waals surface area contributed by atoms with Gasteiger partial charge in [-0.05, 0) is 29.8 Å². The van der Waals surface area contributed by atoms with Gasteiger partial charge in [-0.2, -0.15) is 18.4 Å². The topological polar surface area (TPSA) is 23.8 Å². The SMILES string of the molecule is N#Cc1cccc(C(F)(F)F)c1-c1ccc(F)c(F)c1. The van der Waals surface area contributed by atoms with Crippen molar-refractivity contribution in [3.63, 3.8) is 0 Å². The fraction of sp³-hybridized carbons (Fsp3) is 0.0714. The minimum atomic E-state index is -4.70. The van der Waals surface area contributed by atoms with E-state index in [2.05, 4.69) is 0 Å². The average Bonchev–Trinajstić information content (AvgIpc) is 2.40. The van der Waals surface area contributed by atoms with Gasteiger partial charge in [-0.3, -0.25) is 0 Å². The van der Waals surface area contributed by atoms with Crippen LogP contribution < -0.4 is 0 Å². The van der Waals surface area contributed by atoms with Gasteiger partial charge in [0.15, 0.2) is 11.6 Å². The second-order valence-corrected chi connectivity index (χ2v) is 3.97. The normalized spacial score (nSPS) is 11.2. The summed E-state index contributed by atoms with van der Waals surface area (Å²) in [5, 5.41) is 8.91. The molecule has 6 heteroatoms. The Balaban J connectivity index is 2.78. The molecule has 0 heterocycles. The molecule has 2 aromatic carbocycles. The van der Waals surface area contributed by atoms with Crippen LogP contribution in [-0.2, 0) is 6.18 Å². The maximum atomic E-state index is 13.2. The molecule has 0 fully saturated rings. The lowest BCUT2D eigenvalue weighted by Gasteiger charge is -2.14. The fourth-order valence-corrected chi connectivity index (χ4v) is 1.84. The Bertz CT molecular complexity index is 698. The second-order valence-electron chi connectivity index (χ2n) is 3.97. The van der Waals surface area contributed by atoms with Crippen molar-refractivity contribution in [1.82, 2.24) is 0 Å². The standard InChI is InChI=1S/C14H6F5N/c15-11-5-4-8(6-12(11)16)13-9(7-20)2-1-3-10(13)14(17,18)19/h1-6H. The van der Waals surface area contributed by atoms with Crippen LogP contribution in [0, 0.1) is 23.0 Å². The average molecular weight is 283 g/mol. The van der Waals surface area contributed by atoms with Gasteiger partial charge in [0.05, 0.1) is 17.2 Å². The highest BCUT2D eigenvalue weighted by molar-refractivity contribution is 5.74. The summed E-state index contributed by atoms with van der Waals surface area (Å²) in [6.45, 7) is 0. The van der Waals surface area contributed by atoms with Gasteiger partial charge in [0.25, 0.3) is 0 Å². The third-order valence-electron chi connectivity index (χ3n) is 2.70. The number of hydrogen-bond donors (Lipinski definition) is 0. The zero-order valence-corrected chi connectivity index (χ0v) is 9.80. The first-order chi connectivity index (χ1) is 9.34. The van der Waals surface area contributed by atoms with E-state index in [9.17, 15) is 22.0 Å². The van der Waals surface area contributed by atoms with E-state index >= 15 is 0 Å². The van der Waals surface area contributed by atoms with Crippen molar-refractivity contribution in [3.8, 4) is 17.2 Å². The van der Waals surface area contributed by atoms with Gasteiger partial charge in [0, 0.05) is 5.56 Å². The molecule has 0 aliphatic rings. The van der Waals surface area contributed by atoms with E-state index in [1.54, 1.807) is 6.07 Å². The van der Waals surface area contributed by atoms with Crippen molar-refractivity contribution in [2.75, 3.05) is 0 Å². The van der Waals surface area contributed by atoms with E-state index in [-0.39, 0.29) is 11.1 Å². The van der Waals surface area contributed by atoms with Crippen molar-refractivity contribution in [2.24, 2.45) is 0 Å². The van der Waals surface area contributed by atoms with Gasteiger partial charge in [-0.1, -0.05) is 12.1 Å². The molecular weight excluding hydrogens is 277 g/mol. The number of alkyl halides is 3. The van der Waals surface area contributed by atoms with Gasteiger partial charge in [0.1, 0.15) is 0 Å². The molecule has 0 saturated heterocycles. The largest absolute Gasteiger partial charge is 0.417 e. The molecular formula is C14H6F5N. The Hall–Kier alpha value is -2.42. The first kappa shape index (κ1) is 14.0. The summed E-state index contributed by atoms with van der Waals surface area (Å²) in [6, 6.07) is 7.05. The van der Waals surface area contributed by atoms with E-state index < -0.39 is 28.9 Å². The number of hydrogen-bond acceptors (Lipinski definition) is 1. The maximum Gasteiger partial charge on any atom is 0.417 e. The van der Waals surface area contributed by atoms with Gasteiger partial charge >= 0.3 is 6.18 Å². The zero-order valence-electron chi connectivity index (χ0n) is 9.80. The van der Waals surface area contributed by atoms with Crippen LogP contribution in [0.4, 0.5) is 22.0 Å². The predicted molar refractivity (Wildman–Crippen MR) is 61.5 cm³/mol. The summed E-state index contributed by atoms with van der Waals surface area (Å²) < 4.78 is 64.9. The van der Waals surface area contributed by atoms with E-state index in [1.165, 1.54) is 6.07 Å². The number of benzene rings is 2. The third-order valence-corrected chi connectivity index (χ3v) is 2.70. The summed E-state index contributed by atoms with van der Waals surface area (Å²) in [7, 11) is 0. The van der Waals surface area contributed by atoms with Crippen LogP contribution in [0.25, 0.3) is 11.1 Å². The van der Waals surface area contributed by atoms with Crippen LogP contribution in [-0.4, -0.2) is 0 Å². The quantitative estimate of drug-likeness (QED) is 0.706. The van der Waals surface area contributed by atoms with Crippen molar-refractivity contribution in [3.05, 3.63) is 59.2 Å². The minimum Gasteiger partial charge on any atom is -0.204 e. The number of halogens is 5. The van der Waals surface area contributed by atoms with Crippen LogP contribution in [0.5, 0.6) is 0 Å². The van der Waals surface area contributed by atoms with Crippen molar-refractivity contribution >= 4 is 0 Å². The highest BCUT2D eigenvalue weighted by Crippen LogP contribution is 2.39. The van der Waals surface area contributed by atoms with Gasteiger partial charge < -0.3 is 0 Å². The molecule has 102 valence electrons. The van der Waals surface area contributed by atoms with E-state index in [4.69, 9.17) is 5.26 Å². The molecule has 0 radical (unpaired) electrons. The maximum absolute atomic E-state index is 13.2. The fourth-order valence-electron chi connectivity index (χ4n) is 1.84. The van der Waals surface area contributed by atoms with Crippen LogP contribution in [0.1, 0.15) is 11.1 Å². The number of nitrogens with zero attached hydrogens (tertiary/aromatic N) is 1. The summed E-state index contributed by atoms with van der Waals surface area (Å²) in [4.78, 5) is 0. The zero-order chi connectivity index (χ0) is 14.9. The Morgan fingerprint density at radius 2 is 1.65 bits per heavy atom. The summed E-state index contributed by atoms with van der Waals surface area (Å²) >= 11 is 0. The van der Waals surface area contributed by atoms with Crippen LogP contribution in [0.15, 0.2) is 36.4 Å². The molecule has 0 saturated carbocycles. The monoisotopic (exact) mass is 283 g/mol. The van der Waals surface area contributed by atoms with Gasteiger partial charge in [-0.15, -0.1) is 0 Å². The smallest absolute Gasteiger partial charge is 0.204 e. The summed E-state index contributed by atoms with van der Waals surface area (Å²) in [5.41, 5.74) is -1.98. The lowest BCUT2D eigenvalue weighted by Crippen LogP contribution is -2.08. The molecule has 0 bridgehead atoms. The Kier molecular flexibility index (Phi) is 3.45. The highest BCUT2D eigenvalue weighted by Gasteiger charge is 2.34. The molecule has 0 aliphatic carbocycles. The molecule has 0 aliphatic heterocycles. The molecule has 20 heavy (non-hydrogen) atoms. The van der Waals surface area contributed by atoms with Crippen LogP contribution in [0.3, 0.4) is 0 Å². The predicted octanol–water partition coefficient (Wildman–Crippen LogP) is 4.52. The first-order valence-corrected chi connectivity index (χ1v) is 5.40. The molecule has 0 atom stereocenters. The highest BCUT2D eigenvalue weighted by atomic mass is 19.4. The Labute approximate surface area is 110 Å². The second kappa shape index (κ2) is 4.93. The van der Waals surface area contributed by atoms with E-state index in [0.717, 1.165) is 24.3 Å². The Morgan fingerprint density at radius 1 is 0.950 bits per heavy atom. The molecule has 2 rings (SSSR count). The molecule has 0 amide bonds. The van der Waals surface area contributed by atoms with Crippen molar-refractivity contribution in [1.29, 1.82) is 5.26 Å².